The molecule has 0 radical (unpaired) electrons. The number of para-hydroxylation sites is 1. The van der Waals surface area contributed by atoms with E-state index in [4.69, 9.17) is 4.74 Å². The van der Waals surface area contributed by atoms with E-state index in [0.29, 0.717) is 13.1 Å². The number of halogens is 1. The maximum Gasteiger partial charge on any atom is 0.340 e. The molecule has 1 aliphatic heterocycles. The summed E-state index contributed by atoms with van der Waals surface area (Å²) >= 11 is 1.66. The Morgan fingerprint density at radius 3 is 2.76 bits per heavy atom. The molecule has 1 aromatic heterocycles. The zero-order chi connectivity index (χ0) is 23.6. The molecule has 1 aliphatic rings. The van der Waals surface area contributed by atoms with Crippen LogP contribution in [-0.2, 0) is 32.5 Å². The number of esters is 1. The summed E-state index contributed by atoms with van der Waals surface area (Å²) in [5.41, 5.74) is 1.24. The van der Waals surface area contributed by atoms with Crippen molar-refractivity contribution in [3.8, 4) is 0 Å². The van der Waals surface area contributed by atoms with E-state index in [-0.39, 0.29) is 27.6 Å². The average Bonchev–Trinajstić information content (AvgIpc) is 3.27. The molecule has 10 heteroatoms. The van der Waals surface area contributed by atoms with Crippen LogP contribution in [0, 0.1) is 12.7 Å². The Hall–Kier alpha value is -3.24. The molecule has 1 amide bonds. The first-order valence-electron chi connectivity index (χ1n) is 10.1. The normalized spacial score (nSPS) is 13.3. The monoisotopic (exact) mass is 488 g/mol. The molecule has 33 heavy (non-hydrogen) atoms. The van der Waals surface area contributed by atoms with Gasteiger partial charge in [-0.25, -0.2) is 17.6 Å². The highest BCUT2D eigenvalue weighted by Gasteiger charge is 2.24. The van der Waals surface area contributed by atoms with Gasteiger partial charge in [0, 0.05) is 18.0 Å². The van der Waals surface area contributed by atoms with Gasteiger partial charge in [-0.2, -0.15) is 0 Å². The molecule has 2 aromatic carbocycles. The number of fused-ring (bicyclic) bond motifs is 1. The largest absolute Gasteiger partial charge is 0.452 e. The predicted octanol–water partition coefficient (Wildman–Crippen LogP) is 3.74. The highest BCUT2D eigenvalue weighted by Crippen LogP contribution is 2.25. The summed E-state index contributed by atoms with van der Waals surface area (Å²) in [6, 6.07) is 11.3. The van der Waals surface area contributed by atoms with E-state index in [0.717, 1.165) is 24.1 Å². The van der Waals surface area contributed by atoms with E-state index in [1.54, 1.807) is 28.4 Å². The van der Waals surface area contributed by atoms with Crippen LogP contribution in [0.4, 0.5) is 10.1 Å². The fourth-order valence-electron chi connectivity index (χ4n) is 3.50. The fraction of sp³-hybridized carbons (Fsp3) is 0.217. The van der Waals surface area contributed by atoms with Gasteiger partial charge in [0.15, 0.2) is 6.61 Å². The molecule has 2 heterocycles. The number of carbonyl (C=O) groups excluding carboxylic acids is 2. The molecule has 0 spiro atoms. The van der Waals surface area contributed by atoms with E-state index in [1.807, 2.05) is 11.4 Å². The molecular weight excluding hydrogens is 467 g/mol. The van der Waals surface area contributed by atoms with Crippen molar-refractivity contribution in [2.24, 2.45) is 0 Å². The number of rotatable bonds is 6. The minimum Gasteiger partial charge on any atom is -0.452 e. The Morgan fingerprint density at radius 1 is 1.18 bits per heavy atom. The number of sulfonamides is 1. The molecule has 3 aromatic rings. The molecule has 0 atom stereocenters. The van der Waals surface area contributed by atoms with Gasteiger partial charge in [0.25, 0.3) is 15.9 Å². The molecule has 7 nitrogen and oxygen atoms in total. The number of aryl methyl sites for hydroxylation is 1. The number of nitrogens with one attached hydrogen (secondary N) is 1. The molecule has 1 N–H and O–H groups in total. The molecular formula is C23H21FN2O5S2. The summed E-state index contributed by atoms with van der Waals surface area (Å²) in [5, 5.41) is 1.99. The van der Waals surface area contributed by atoms with Crippen LogP contribution in [0.5, 0.6) is 0 Å². The summed E-state index contributed by atoms with van der Waals surface area (Å²) in [4.78, 5) is 27.9. The molecule has 172 valence electrons. The summed E-state index contributed by atoms with van der Waals surface area (Å²) in [7, 11) is -4.08. The predicted molar refractivity (Wildman–Crippen MR) is 122 cm³/mol. The zero-order valence-corrected chi connectivity index (χ0v) is 19.3. The van der Waals surface area contributed by atoms with E-state index >= 15 is 0 Å². The molecule has 0 unspecified atom stereocenters. The summed E-state index contributed by atoms with van der Waals surface area (Å²) in [6.07, 6.45) is 0.764. The van der Waals surface area contributed by atoms with Gasteiger partial charge in [-0.05, 0) is 66.2 Å². The molecule has 0 fully saturated rings. The topological polar surface area (TPSA) is 92.8 Å². The lowest BCUT2D eigenvalue weighted by molar-refractivity contribution is -0.135. The maximum absolute atomic E-state index is 13.5. The van der Waals surface area contributed by atoms with E-state index < -0.39 is 28.4 Å². The van der Waals surface area contributed by atoms with Gasteiger partial charge in [0.2, 0.25) is 0 Å². The van der Waals surface area contributed by atoms with Gasteiger partial charge < -0.3 is 9.64 Å². The number of benzene rings is 2. The van der Waals surface area contributed by atoms with E-state index in [1.165, 1.54) is 30.0 Å². The number of anilines is 1. The Bertz CT molecular complexity index is 1320. The average molecular weight is 489 g/mol. The number of hydrogen-bond acceptors (Lipinski definition) is 6. The Morgan fingerprint density at radius 2 is 1.97 bits per heavy atom. The van der Waals surface area contributed by atoms with Crippen molar-refractivity contribution in [2.45, 2.75) is 24.8 Å². The maximum atomic E-state index is 13.5. The van der Waals surface area contributed by atoms with Crippen molar-refractivity contribution in [1.82, 2.24) is 4.90 Å². The van der Waals surface area contributed by atoms with Crippen molar-refractivity contribution in [1.29, 1.82) is 0 Å². The number of carbonyl (C=O) groups is 2. The Labute approximate surface area is 194 Å². The number of hydrogen-bond donors (Lipinski definition) is 1. The number of amides is 1. The molecule has 0 aliphatic carbocycles. The minimum absolute atomic E-state index is 0.00202. The van der Waals surface area contributed by atoms with Crippen LogP contribution in [0.3, 0.4) is 0 Å². The quantitative estimate of drug-likeness (QED) is 0.534. The smallest absolute Gasteiger partial charge is 0.340 e. The first kappa shape index (κ1) is 22.9. The van der Waals surface area contributed by atoms with Gasteiger partial charge >= 0.3 is 5.97 Å². The van der Waals surface area contributed by atoms with Crippen LogP contribution in [0.15, 0.2) is 58.8 Å². The highest BCUT2D eigenvalue weighted by atomic mass is 32.2. The van der Waals surface area contributed by atoms with Gasteiger partial charge in [0.1, 0.15) is 5.82 Å². The molecule has 0 saturated carbocycles. The fourth-order valence-corrected chi connectivity index (χ4v) is 5.55. The van der Waals surface area contributed by atoms with Crippen molar-refractivity contribution < 1.29 is 27.1 Å². The molecule has 4 rings (SSSR count). The summed E-state index contributed by atoms with van der Waals surface area (Å²) in [6.45, 7) is 2.04. The van der Waals surface area contributed by atoms with Crippen LogP contribution in [0.1, 0.15) is 26.4 Å². The highest BCUT2D eigenvalue weighted by molar-refractivity contribution is 7.92. The molecule has 0 bridgehead atoms. The second-order valence-electron chi connectivity index (χ2n) is 7.57. The van der Waals surface area contributed by atoms with E-state index in [9.17, 15) is 22.4 Å². The lowest BCUT2D eigenvalue weighted by atomic mass is 10.1. The summed E-state index contributed by atoms with van der Waals surface area (Å²) in [5.74, 6) is -1.67. The number of nitrogens with zero attached hydrogens (tertiary/aromatic N) is 1. The lowest BCUT2D eigenvalue weighted by Crippen LogP contribution is -2.38. The zero-order valence-electron chi connectivity index (χ0n) is 17.7. The van der Waals surface area contributed by atoms with Crippen LogP contribution < -0.4 is 4.72 Å². The second-order valence-corrected chi connectivity index (χ2v) is 10.3. The first-order valence-corrected chi connectivity index (χ1v) is 12.5. The summed E-state index contributed by atoms with van der Waals surface area (Å²) < 4.78 is 46.5. The van der Waals surface area contributed by atoms with Crippen LogP contribution in [0.2, 0.25) is 0 Å². The van der Waals surface area contributed by atoms with Gasteiger partial charge in [0.05, 0.1) is 16.1 Å². The van der Waals surface area contributed by atoms with Crippen molar-refractivity contribution >= 4 is 38.9 Å². The van der Waals surface area contributed by atoms with E-state index in [2.05, 4.69) is 4.72 Å². The van der Waals surface area contributed by atoms with Crippen molar-refractivity contribution in [3.63, 3.8) is 0 Å². The van der Waals surface area contributed by atoms with Crippen LogP contribution in [0.25, 0.3) is 0 Å². The number of thiophene rings is 1. The van der Waals surface area contributed by atoms with Gasteiger partial charge in [-0.1, -0.05) is 12.1 Å². The Balaban J connectivity index is 1.44. The third-order valence-corrected chi connectivity index (χ3v) is 7.70. The molecule has 0 saturated heterocycles. The van der Waals surface area contributed by atoms with Gasteiger partial charge in [-0.15, -0.1) is 11.3 Å². The van der Waals surface area contributed by atoms with Gasteiger partial charge in [-0.3, -0.25) is 9.52 Å². The Kier molecular flexibility index (Phi) is 6.48. The minimum atomic E-state index is -4.08. The van der Waals surface area contributed by atoms with Crippen molar-refractivity contribution in [2.75, 3.05) is 17.9 Å². The number of ether oxygens (including phenoxy) is 1. The SMILES string of the molecule is Cc1cc(S(=O)(=O)Nc2ccccc2C(=O)OCC(=O)N2CCc3sccc3C2)ccc1F. The standard InChI is InChI=1S/C23H21FN2O5S2/c1-15-12-17(6-7-19(15)24)33(29,30)25-20-5-3-2-4-18(20)23(28)31-14-22(27)26-10-8-21-16(13-26)9-11-32-21/h2-7,9,11-12,25H,8,10,13-14H2,1H3. The first-order chi connectivity index (χ1) is 15.7. The van der Waals surface area contributed by atoms with Crippen molar-refractivity contribution in [3.05, 3.63) is 81.3 Å². The van der Waals surface area contributed by atoms with Crippen LogP contribution >= 0.6 is 11.3 Å². The lowest BCUT2D eigenvalue weighted by Gasteiger charge is -2.26. The van der Waals surface area contributed by atoms with Crippen LogP contribution in [-0.4, -0.2) is 38.3 Å². The third-order valence-electron chi connectivity index (χ3n) is 5.32. The second kappa shape index (κ2) is 9.32. The third kappa shape index (κ3) is 5.07.